The summed E-state index contributed by atoms with van der Waals surface area (Å²) in [6.45, 7) is 1.47. The minimum atomic E-state index is -2.41. The van der Waals surface area contributed by atoms with Crippen LogP contribution in [0.4, 0.5) is 8.78 Å². The van der Waals surface area contributed by atoms with Crippen molar-refractivity contribution in [2.45, 2.75) is 38.2 Å². The van der Waals surface area contributed by atoms with Gasteiger partial charge in [0, 0.05) is 0 Å². The molecule has 1 saturated carbocycles. The maximum absolute atomic E-state index is 12.6. The van der Waals surface area contributed by atoms with Crippen LogP contribution in [0.1, 0.15) is 26.2 Å². The Morgan fingerprint density at radius 3 is 2.57 bits per heavy atom. The van der Waals surface area contributed by atoms with E-state index in [1.807, 2.05) is 0 Å². The Hall–Kier alpha value is -0.440. The first-order valence-corrected chi connectivity index (χ1v) is 5.24. The fraction of sp³-hybridized carbons (Fsp3) is 0.818. The lowest BCUT2D eigenvalue weighted by atomic mass is 9.82. The van der Waals surface area contributed by atoms with Crippen molar-refractivity contribution >= 4 is 0 Å². The highest BCUT2D eigenvalue weighted by Gasteiger charge is 2.41. The van der Waals surface area contributed by atoms with Crippen molar-refractivity contribution in [3.63, 3.8) is 0 Å². The van der Waals surface area contributed by atoms with Crippen molar-refractivity contribution in [1.82, 2.24) is 0 Å². The van der Waals surface area contributed by atoms with Crippen molar-refractivity contribution in [2.75, 3.05) is 0 Å². The van der Waals surface area contributed by atoms with Gasteiger partial charge < -0.3 is 5.73 Å². The first-order valence-electron chi connectivity index (χ1n) is 5.24. The van der Waals surface area contributed by atoms with Crippen molar-refractivity contribution in [1.29, 1.82) is 0 Å². The van der Waals surface area contributed by atoms with Gasteiger partial charge in [-0.2, -0.15) is 0 Å². The van der Waals surface area contributed by atoms with Gasteiger partial charge in [-0.15, -0.1) is 0 Å². The molecule has 0 saturated heterocycles. The molecule has 2 bridgehead atoms. The van der Waals surface area contributed by atoms with E-state index in [-0.39, 0.29) is 0 Å². The molecule has 0 aromatic heterocycles. The van der Waals surface area contributed by atoms with Crippen molar-refractivity contribution in [3.8, 4) is 0 Å². The molecule has 2 aliphatic rings. The maximum Gasteiger partial charge on any atom is 0.256 e. The van der Waals surface area contributed by atoms with E-state index in [1.54, 1.807) is 0 Å². The summed E-state index contributed by atoms with van der Waals surface area (Å²) in [7, 11) is 0. The molecule has 80 valence electrons. The van der Waals surface area contributed by atoms with Gasteiger partial charge in [0.25, 0.3) is 6.43 Å². The Kier molecular flexibility index (Phi) is 2.38. The standard InChI is InChI=1S/C11H17F2N/c1-11(14,10(12)13)6-9-5-7-2-3-8(9)4-7/h2-3,7-10H,4-6,14H2,1H3. The van der Waals surface area contributed by atoms with Gasteiger partial charge >= 0.3 is 0 Å². The van der Waals surface area contributed by atoms with Gasteiger partial charge in [0.2, 0.25) is 0 Å². The van der Waals surface area contributed by atoms with Crippen LogP contribution in [0.3, 0.4) is 0 Å². The summed E-state index contributed by atoms with van der Waals surface area (Å²) in [4.78, 5) is 0. The Balaban J connectivity index is 1.96. The van der Waals surface area contributed by atoms with Crippen LogP contribution >= 0.6 is 0 Å². The molecule has 1 fully saturated rings. The number of nitrogens with two attached hydrogens (primary N) is 1. The molecule has 0 heterocycles. The van der Waals surface area contributed by atoms with Crippen LogP contribution in [-0.4, -0.2) is 12.0 Å². The van der Waals surface area contributed by atoms with E-state index in [9.17, 15) is 8.78 Å². The summed E-state index contributed by atoms with van der Waals surface area (Å²) in [5.74, 6) is 1.54. The largest absolute Gasteiger partial charge is 0.321 e. The van der Waals surface area contributed by atoms with E-state index in [0.29, 0.717) is 24.2 Å². The lowest BCUT2D eigenvalue weighted by molar-refractivity contribution is 0.0466. The Labute approximate surface area is 83.4 Å². The van der Waals surface area contributed by atoms with Gasteiger partial charge in [-0.3, -0.25) is 0 Å². The van der Waals surface area contributed by atoms with Crippen LogP contribution in [-0.2, 0) is 0 Å². The molecule has 4 unspecified atom stereocenters. The number of alkyl halides is 2. The second kappa shape index (κ2) is 3.30. The van der Waals surface area contributed by atoms with Crippen LogP contribution in [0.5, 0.6) is 0 Å². The Morgan fingerprint density at radius 2 is 2.14 bits per heavy atom. The fourth-order valence-electron chi connectivity index (χ4n) is 2.78. The van der Waals surface area contributed by atoms with E-state index in [4.69, 9.17) is 5.73 Å². The minimum absolute atomic E-state index is 0.383. The molecule has 0 aromatic carbocycles. The molecule has 2 aliphatic carbocycles. The number of halogens is 2. The molecule has 3 heteroatoms. The fourth-order valence-corrected chi connectivity index (χ4v) is 2.78. The minimum Gasteiger partial charge on any atom is -0.321 e. The van der Waals surface area contributed by atoms with E-state index in [2.05, 4.69) is 12.2 Å². The first-order chi connectivity index (χ1) is 6.49. The average molecular weight is 201 g/mol. The molecule has 0 spiro atoms. The van der Waals surface area contributed by atoms with Crippen LogP contribution in [0.25, 0.3) is 0 Å². The topological polar surface area (TPSA) is 26.0 Å². The molecular weight excluding hydrogens is 184 g/mol. The van der Waals surface area contributed by atoms with Crippen LogP contribution in [0, 0.1) is 17.8 Å². The second-order valence-electron chi connectivity index (χ2n) is 5.05. The average Bonchev–Trinajstić information content (AvgIpc) is 2.63. The Morgan fingerprint density at radius 1 is 1.43 bits per heavy atom. The molecule has 0 aromatic rings. The van der Waals surface area contributed by atoms with Crippen LogP contribution in [0.15, 0.2) is 12.2 Å². The SMILES string of the molecule is CC(N)(CC1CC2C=CC1C2)C(F)F. The first kappa shape index (κ1) is 10.1. The predicted molar refractivity (Wildman–Crippen MR) is 52.1 cm³/mol. The molecule has 4 atom stereocenters. The number of allylic oxidation sites excluding steroid dienone is 2. The molecular formula is C11H17F2N. The summed E-state index contributed by atoms with van der Waals surface area (Å²) in [5, 5.41) is 0. The number of hydrogen-bond donors (Lipinski definition) is 1. The normalized spacial score (nSPS) is 39.4. The molecule has 2 N–H and O–H groups in total. The summed E-state index contributed by atoms with van der Waals surface area (Å²) in [6, 6.07) is 0. The zero-order valence-corrected chi connectivity index (χ0v) is 8.42. The zero-order valence-electron chi connectivity index (χ0n) is 8.42. The number of fused-ring (bicyclic) bond motifs is 2. The van der Waals surface area contributed by atoms with Gasteiger partial charge in [0.1, 0.15) is 0 Å². The quantitative estimate of drug-likeness (QED) is 0.698. The van der Waals surface area contributed by atoms with E-state index in [1.165, 1.54) is 6.92 Å². The third kappa shape index (κ3) is 1.70. The van der Waals surface area contributed by atoms with Gasteiger partial charge in [-0.1, -0.05) is 12.2 Å². The van der Waals surface area contributed by atoms with Gasteiger partial charge in [0.15, 0.2) is 0 Å². The lowest BCUT2D eigenvalue weighted by Gasteiger charge is -2.29. The lowest BCUT2D eigenvalue weighted by Crippen LogP contribution is -2.45. The summed E-state index contributed by atoms with van der Waals surface area (Å²) in [5.41, 5.74) is 4.29. The molecule has 0 radical (unpaired) electrons. The molecule has 0 amide bonds. The van der Waals surface area contributed by atoms with Crippen LogP contribution < -0.4 is 5.73 Å². The van der Waals surface area contributed by atoms with Gasteiger partial charge in [-0.25, -0.2) is 8.78 Å². The van der Waals surface area contributed by atoms with E-state index < -0.39 is 12.0 Å². The number of rotatable bonds is 3. The van der Waals surface area contributed by atoms with Crippen molar-refractivity contribution in [3.05, 3.63) is 12.2 Å². The molecule has 1 nitrogen and oxygen atoms in total. The summed E-state index contributed by atoms with van der Waals surface area (Å²) < 4.78 is 25.1. The second-order valence-corrected chi connectivity index (χ2v) is 5.05. The Bertz CT molecular complexity index is 248. The summed E-state index contributed by atoms with van der Waals surface area (Å²) in [6.07, 6.45) is 4.66. The molecule has 2 rings (SSSR count). The maximum atomic E-state index is 12.6. The smallest absolute Gasteiger partial charge is 0.256 e. The monoisotopic (exact) mass is 201 g/mol. The molecule has 14 heavy (non-hydrogen) atoms. The third-order valence-electron chi connectivity index (χ3n) is 3.62. The summed E-state index contributed by atoms with van der Waals surface area (Å²) >= 11 is 0. The van der Waals surface area contributed by atoms with Crippen molar-refractivity contribution in [2.24, 2.45) is 23.5 Å². The van der Waals surface area contributed by atoms with E-state index >= 15 is 0 Å². The number of hydrogen-bond acceptors (Lipinski definition) is 1. The zero-order chi connectivity index (χ0) is 10.3. The third-order valence-corrected chi connectivity index (χ3v) is 3.62. The van der Waals surface area contributed by atoms with Crippen LogP contribution in [0.2, 0.25) is 0 Å². The highest BCUT2D eigenvalue weighted by atomic mass is 19.3. The van der Waals surface area contributed by atoms with E-state index in [0.717, 1.165) is 12.8 Å². The van der Waals surface area contributed by atoms with Gasteiger partial charge in [-0.05, 0) is 43.9 Å². The highest BCUT2D eigenvalue weighted by Crippen LogP contribution is 2.46. The predicted octanol–water partition coefficient (Wildman–Crippen LogP) is 2.57. The highest BCUT2D eigenvalue weighted by molar-refractivity contribution is 5.11. The molecule has 0 aliphatic heterocycles. The van der Waals surface area contributed by atoms with Gasteiger partial charge in [0.05, 0.1) is 5.54 Å². The van der Waals surface area contributed by atoms with Crippen molar-refractivity contribution < 1.29 is 8.78 Å².